The zero-order valence-corrected chi connectivity index (χ0v) is 5.04. The minimum absolute atomic E-state index is 0.144. The summed E-state index contributed by atoms with van der Waals surface area (Å²) in [5, 5.41) is 17.2. The predicted molar refractivity (Wildman–Crippen MR) is 31.4 cm³/mol. The molecule has 0 radical (unpaired) electrons. The highest BCUT2D eigenvalue weighted by molar-refractivity contribution is 4.67. The minimum Gasteiger partial charge on any atom is -0.395 e. The van der Waals surface area contributed by atoms with Crippen molar-refractivity contribution in [2.24, 2.45) is 5.73 Å². The summed E-state index contributed by atoms with van der Waals surface area (Å²) >= 11 is 0. The molecule has 0 amide bonds. The van der Waals surface area contributed by atoms with Crippen molar-refractivity contribution < 1.29 is 10.2 Å². The second-order valence-electron chi connectivity index (χ2n) is 1.82. The molecule has 0 aliphatic heterocycles. The first-order valence-electron chi connectivity index (χ1n) is 2.76. The fourth-order valence-corrected chi connectivity index (χ4v) is 0.424. The van der Waals surface area contributed by atoms with Crippen LogP contribution < -0.4 is 5.73 Å². The van der Waals surface area contributed by atoms with E-state index in [0.717, 1.165) is 0 Å². The molecule has 0 aliphatic carbocycles. The first-order valence-corrected chi connectivity index (χ1v) is 2.76. The van der Waals surface area contributed by atoms with Crippen molar-refractivity contribution in [3.05, 3.63) is 0 Å². The van der Waals surface area contributed by atoms with Gasteiger partial charge < -0.3 is 15.9 Å². The third kappa shape index (κ3) is 2.26. The molecule has 4 N–H and O–H groups in total. The van der Waals surface area contributed by atoms with Crippen molar-refractivity contribution >= 4 is 0 Å². The number of hydrogen-bond acceptors (Lipinski definition) is 3. The number of hydrogen-bond donors (Lipinski definition) is 3. The molecule has 50 valence electrons. The SMILES string of the molecule is CCC(O)C(N)CO. The highest BCUT2D eigenvalue weighted by Gasteiger charge is 2.09. The lowest BCUT2D eigenvalue weighted by molar-refractivity contribution is 0.106. The molecule has 0 bridgehead atoms. The zero-order valence-electron chi connectivity index (χ0n) is 5.04. The van der Waals surface area contributed by atoms with Crippen LogP contribution in [0.3, 0.4) is 0 Å². The molecule has 3 nitrogen and oxygen atoms in total. The van der Waals surface area contributed by atoms with Crippen LogP contribution in [0, 0.1) is 0 Å². The smallest absolute Gasteiger partial charge is 0.0710 e. The van der Waals surface area contributed by atoms with E-state index in [1.165, 1.54) is 0 Å². The van der Waals surface area contributed by atoms with Gasteiger partial charge in [-0.05, 0) is 6.42 Å². The van der Waals surface area contributed by atoms with Gasteiger partial charge in [0, 0.05) is 0 Å². The Labute approximate surface area is 49.1 Å². The maximum atomic E-state index is 8.84. The van der Waals surface area contributed by atoms with Gasteiger partial charge >= 0.3 is 0 Å². The van der Waals surface area contributed by atoms with Gasteiger partial charge in [0.2, 0.25) is 0 Å². The predicted octanol–water partition coefficient (Wildman–Crippen LogP) is -0.923. The Balaban J connectivity index is 3.29. The monoisotopic (exact) mass is 119 g/mol. The van der Waals surface area contributed by atoms with E-state index >= 15 is 0 Å². The van der Waals surface area contributed by atoms with Crippen molar-refractivity contribution in [3.63, 3.8) is 0 Å². The van der Waals surface area contributed by atoms with Gasteiger partial charge in [-0.2, -0.15) is 0 Å². The van der Waals surface area contributed by atoms with Crippen LogP contribution in [0.2, 0.25) is 0 Å². The maximum absolute atomic E-state index is 8.84. The molecule has 2 unspecified atom stereocenters. The summed E-state index contributed by atoms with van der Waals surface area (Å²) in [6, 6.07) is -0.472. The number of rotatable bonds is 3. The minimum atomic E-state index is -0.556. The number of aliphatic hydroxyl groups excluding tert-OH is 2. The first kappa shape index (κ1) is 7.88. The van der Waals surface area contributed by atoms with Gasteiger partial charge in [0.15, 0.2) is 0 Å². The Hall–Kier alpha value is -0.120. The van der Waals surface area contributed by atoms with Crippen LogP contribution in [0.5, 0.6) is 0 Å². The van der Waals surface area contributed by atoms with E-state index in [1.54, 1.807) is 0 Å². The van der Waals surface area contributed by atoms with Gasteiger partial charge in [0.1, 0.15) is 0 Å². The molecule has 0 spiro atoms. The highest BCUT2D eigenvalue weighted by Crippen LogP contribution is 1.92. The molecule has 0 aromatic carbocycles. The summed E-state index contributed by atoms with van der Waals surface area (Å²) in [5.41, 5.74) is 5.23. The largest absolute Gasteiger partial charge is 0.395 e. The molecule has 8 heavy (non-hydrogen) atoms. The molecular formula is C5H13NO2. The van der Waals surface area contributed by atoms with Crippen LogP contribution in [0.4, 0.5) is 0 Å². The van der Waals surface area contributed by atoms with Gasteiger partial charge in [0.05, 0.1) is 18.8 Å². The molecule has 0 fully saturated rings. The van der Waals surface area contributed by atoms with Gasteiger partial charge in [0.25, 0.3) is 0 Å². The maximum Gasteiger partial charge on any atom is 0.0710 e. The summed E-state index contributed by atoms with van der Waals surface area (Å²) in [4.78, 5) is 0. The Morgan fingerprint density at radius 3 is 2.25 bits per heavy atom. The first-order chi connectivity index (χ1) is 3.72. The van der Waals surface area contributed by atoms with Crippen LogP contribution in [0.1, 0.15) is 13.3 Å². The van der Waals surface area contributed by atoms with E-state index in [1.807, 2.05) is 6.92 Å². The highest BCUT2D eigenvalue weighted by atomic mass is 16.3. The average molecular weight is 119 g/mol. The Morgan fingerprint density at radius 1 is 1.62 bits per heavy atom. The summed E-state index contributed by atoms with van der Waals surface area (Å²) in [7, 11) is 0. The molecule has 0 aromatic rings. The Kier molecular flexibility index (Phi) is 3.77. The second kappa shape index (κ2) is 3.83. The van der Waals surface area contributed by atoms with E-state index in [2.05, 4.69) is 0 Å². The summed E-state index contributed by atoms with van der Waals surface area (Å²) in [5.74, 6) is 0. The van der Waals surface area contributed by atoms with E-state index in [9.17, 15) is 0 Å². The van der Waals surface area contributed by atoms with E-state index in [4.69, 9.17) is 15.9 Å². The Morgan fingerprint density at radius 2 is 2.12 bits per heavy atom. The molecule has 0 aromatic heterocycles. The average Bonchev–Trinajstić information content (AvgIpc) is 1.84. The number of nitrogens with two attached hydrogens (primary N) is 1. The molecule has 3 heteroatoms. The normalized spacial score (nSPS) is 18.0. The van der Waals surface area contributed by atoms with Crippen LogP contribution in [-0.2, 0) is 0 Å². The van der Waals surface area contributed by atoms with Gasteiger partial charge in [-0.1, -0.05) is 6.92 Å². The lowest BCUT2D eigenvalue weighted by atomic mass is 10.1. The molecule has 0 saturated carbocycles. The summed E-state index contributed by atoms with van der Waals surface area (Å²) < 4.78 is 0. The summed E-state index contributed by atoms with van der Waals surface area (Å²) in [6.07, 6.45) is 0.0434. The topological polar surface area (TPSA) is 66.5 Å². The van der Waals surface area contributed by atoms with E-state index in [0.29, 0.717) is 6.42 Å². The van der Waals surface area contributed by atoms with Crippen LogP contribution in [-0.4, -0.2) is 29.0 Å². The van der Waals surface area contributed by atoms with Gasteiger partial charge in [-0.3, -0.25) is 0 Å². The molecule has 0 heterocycles. The standard InChI is InChI=1S/C5H13NO2/c1-2-5(8)4(6)3-7/h4-5,7-8H,2-3,6H2,1H3. The van der Waals surface area contributed by atoms with Crippen molar-refractivity contribution in [1.82, 2.24) is 0 Å². The summed E-state index contributed by atoms with van der Waals surface area (Å²) in [6.45, 7) is 1.68. The fraction of sp³-hybridized carbons (Fsp3) is 1.00. The molecule has 2 atom stereocenters. The van der Waals surface area contributed by atoms with Crippen molar-refractivity contribution in [1.29, 1.82) is 0 Å². The van der Waals surface area contributed by atoms with Crippen LogP contribution in [0.15, 0.2) is 0 Å². The van der Waals surface area contributed by atoms with E-state index in [-0.39, 0.29) is 6.61 Å². The lowest BCUT2D eigenvalue weighted by Crippen LogP contribution is -2.37. The van der Waals surface area contributed by atoms with Crippen LogP contribution >= 0.6 is 0 Å². The second-order valence-corrected chi connectivity index (χ2v) is 1.82. The third-order valence-corrected chi connectivity index (χ3v) is 1.12. The lowest BCUT2D eigenvalue weighted by Gasteiger charge is -2.12. The van der Waals surface area contributed by atoms with Gasteiger partial charge in [-0.15, -0.1) is 0 Å². The third-order valence-electron chi connectivity index (χ3n) is 1.12. The fourth-order valence-electron chi connectivity index (χ4n) is 0.424. The number of aliphatic hydroxyl groups is 2. The zero-order chi connectivity index (χ0) is 6.57. The Bertz CT molecular complexity index is 50.4. The molecule has 0 aliphatic rings. The van der Waals surface area contributed by atoms with Gasteiger partial charge in [-0.25, -0.2) is 0 Å². The van der Waals surface area contributed by atoms with Crippen molar-refractivity contribution in [2.45, 2.75) is 25.5 Å². The quantitative estimate of drug-likeness (QED) is 0.450. The molecule has 0 rings (SSSR count). The van der Waals surface area contributed by atoms with Crippen LogP contribution in [0.25, 0.3) is 0 Å². The molecular weight excluding hydrogens is 106 g/mol. The van der Waals surface area contributed by atoms with E-state index < -0.39 is 12.1 Å². The molecule has 0 saturated heterocycles. The van der Waals surface area contributed by atoms with Crippen molar-refractivity contribution in [3.8, 4) is 0 Å². The van der Waals surface area contributed by atoms with Crippen molar-refractivity contribution in [2.75, 3.05) is 6.61 Å².